The van der Waals surface area contributed by atoms with Gasteiger partial charge in [0.2, 0.25) is 34.8 Å². The van der Waals surface area contributed by atoms with Crippen molar-refractivity contribution in [3.63, 3.8) is 0 Å². The topological polar surface area (TPSA) is 9.23 Å². The van der Waals surface area contributed by atoms with Crippen molar-refractivity contribution in [2.45, 2.75) is 0 Å². The van der Waals surface area contributed by atoms with Gasteiger partial charge in [0.25, 0.3) is 0 Å². The average molecular weight is 310 g/mol. The van der Waals surface area contributed by atoms with Crippen molar-refractivity contribution in [3.8, 4) is 11.5 Å². The van der Waals surface area contributed by atoms with Gasteiger partial charge in [-0.1, -0.05) is 30.3 Å². The molecule has 0 aliphatic carbocycles. The van der Waals surface area contributed by atoms with E-state index in [0.717, 1.165) is 5.39 Å². The summed E-state index contributed by atoms with van der Waals surface area (Å²) in [5, 5.41) is 1.54. The molecule has 0 saturated heterocycles. The van der Waals surface area contributed by atoms with E-state index in [-0.39, 0.29) is 5.75 Å². The van der Waals surface area contributed by atoms with Crippen LogP contribution in [0.3, 0.4) is 0 Å². The molecule has 0 atom stereocenters. The first-order valence-corrected chi connectivity index (χ1v) is 6.17. The lowest BCUT2D eigenvalue weighted by Crippen LogP contribution is -2.04. The smallest absolute Gasteiger partial charge is 0.207 e. The van der Waals surface area contributed by atoms with Gasteiger partial charge in [-0.05, 0) is 22.9 Å². The largest absolute Gasteiger partial charge is 0.451 e. The molecule has 0 fully saturated rings. The monoisotopic (exact) mass is 310 g/mol. The summed E-state index contributed by atoms with van der Waals surface area (Å²) in [5.41, 5.74) is 0. The van der Waals surface area contributed by atoms with Gasteiger partial charge in [0.1, 0.15) is 5.75 Å². The normalized spacial score (nSPS) is 11.0. The van der Waals surface area contributed by atoms with Gasteiger partial charge in [0.05, 0.1) is 0 Å². The first-order chi connectivity index (χ1) is 10.5. The summed E-state index contributed by atoms with van der Waals surface area (Å²) in [5.74, 6) is -11.7. The molecule has 0 radical (unpaired) electrons. The Hall–Kier alpha value is -2.63. The van der Waals surface area contributed by atoms with Crippen LogP contribution in [-0.2, 0) is 0 Å². The molecule has 0 unspecified atom stereocenters. The number of ether oxygens (including phenoxy) is 1. The van der Waals surface area contributed by atoms with E-state index in [9.17, 15) is 22.0 Å². The molecule has 112 valence electrons. The second-order valence-electron chi connectivity index (χ2n) is 4.51. The van der Waals surface area contributed by atoms with Gasteiger partial charge in [-0.2, -0.15) is 8.78 Å². The van der Waals surface area contributed by atoms with Crippen molar-refractivity contribution in [2.24, 2.45) is 0 Å². The van der Waals surface area contributed by atoms with Crippen LogP contribution in [-0.4, -0.2) is 0 Å². The zero-order chi connectivity index (χ0) is 15.9. The Morgan fingerprint density at radius 3 is 1.77 bits per heavy atom. The number of hydrogen-bond donors (Lipinski definition) is 0. The minimum atomic E-state index is -2.22. The summed E-state index contributed by atoms with van der Waals surface area (Å²) >= 11 is 0. The lowest BCUT2D eigenvalue weighted by molar-refractivity contribution is 0.332. The van der Waals surface area contributed by atoms with E-state index < -0.39 is 34.8 Å². The summed E-state index contributed by atoms with van der Waals surface area (Å²) in [4.78, 5) is 0. The molecule has 0 aliphatic rings. The predicted octanol–water partition coefficient (Wildman–Crippen LogP) is 5.33. The fourth-order valence-corrected chi connectivity index (χ4v) is 2.02. The van der Waals surface area contributed by atoms with Gasteiger partial charge in [-0.25, -0.2) is 13.2 Å². The minimum Gasteiger partial charge on any atom is -0.451 e. The first-order valence-electron chi connectivity index (χ1n) is 6.17. The summed E-state index contributed by atoms with van der Waals surface area (Å²) in [6.45, 7) is 0. The van der Waals surface area contributed by atoms with E-state index in [1.807, 2.05) is 0 Å². The average Bonchev–Trinajstić information content (AvgIpc) is 2.55. The third kappa shape index (κ3) is 2.26. The molecule has 3 aromatic rings. The van der Waals surface area contributed by atoms with E-state index in [1.54, 1.807) is 30.3 Å². The Kier molecular flexibility index (Phi) is 3.44. The van der Waals surface area contributed by atoms with Gasteiger partial charge in [-0.3, -0.25) is 0 Å². The van der Waals surface area contributed by atoms with Crippen LogP contribution in [0.5, 0.6) is 11.5 Å². The Bertz CT molecular complexity index is 847. The summed E-state index contributed by atoms with van der Waals surface area (Å²) in [7, 11) is 0. The van der Waals surface area contributed by atoms with Crippen LogP contribution in [0, 0.1) is 29.1 Å². The highest BCUT2D eigenvalue weighted by atomic mass is 19.2. The lowest BCUT2D eigenvalue weighted by Gasteiger charge is -2.10. The van der Waals surface area contributed by atoms with Crippen molar-refractivity contribution >= 4 is 10.8 Å². The van der Waals surface area contributed by atoms with Crippen molar-refractivity contribution in [1.82, 2.24) is 0 Å². The highest BCUT2D eigenvalue weighted by Gasteiger charge is 2.27. The van der Waals surface area contributed by atoms with E-state index in [4.69, 9.17) is 4.74 Å². The Morgan fingerprint density at radius 1 is 0.591 bits per heavy atom. The van der Waals surface area contributed by atoms with E-state index in [1.165, 1.54) is 12.1 Å². The molecule has 0 bridgehead atoms. The van der Waals surface area contributed by atoms with Crippen molar-refractivity contribution in [3.05, 3.63) is 71.6 Å². The van der Waals surface area contributed by atoms with E-state index >= 15 is 0 Å². The van der Waals surface area contributed by atoms with Crippen molar-refractivity contribution in [1.29, 1.82) is 0 Å². The fraction of sp³-hybridized carbons (Fsp3) is 0. The summed E-state index contributed by atoms with van der Waals surface area (Å²) < 4.78 is 71.2. The Morgan fingerprint density at radius 2 is 1.14 bits per heavy atom. The quantitative estimate of drug-likeness (QED) is 0.353. The molecule has 0 N–H and O–H groups in total. The molecule has 0 heterocycles. The molecule has 1 nitrogen and oxygen atoms in total. The number of benzene rings is 3. The van der Waals surface area contributed by atoms with Gasteiger partial charge in [0, 0.05) is 0 Å². The second kappa shape index (κ2) is 5.29. The van der Waals surface area contributed by atoms with Crippen molar-refractivity contribution in [2.75, 3.05) is 0 Å². The predicted molar refractivity (Wildman–Crippen MR) is 70.3 cm³/mol. The molecule has 3 aromatic carbocycles. The highest BCUT2D eigenvalue weighted by Crippen LogP contribution is 2.33. The van der Waals surface area contributed by atoms with Crippen LogP contribution in [0.4, 0.5) is 22.0 Å². The standard InChI is InChI=1S/C16H7F5O/c17-11-12(18)14(20)16(15(21)13(11)19)22-10-6-5-8-3-1-2-4-9(8)7-10/h1-7H. The molecule has 0 saturated carbocycles. The summed E-state index contributed by atoms with van der Waals surface area (Å²) in [6.07, 6.45) is 0. The van der Waals surface area contributed by atoms with Crippen LogP contribution < -0.4 is 4.74 Å². The molecular weight excluding hydrogens is 303 g/mol. The van der Waals surface area contributed by atoms with E-state index in [2.05, 4.69) is 0 Å². The molecule has 0 aliphatic heterocycles. The fourth-order valence-electron chi connectivity index (χ4n) is 2.02. The van der Waals surface area contributed by atoms with Crippen molar-refractivity contribution < 1.29 is 26.7 Å². The van der Waals surface area contributed by atoms with Gasteiger partial charge in [-0.15, -0.1) is 0 Å². The number of hydrogen-bond acceptors (Lipinski definition) is 1. The maximum Gasteiger partial charge on any atom is 0.207 e. The van der Waals surface area contributed by atoms with Crippen LogP contribution in [0.15, 0.2) is 42.5 Å². The third-order valence-electron chi connectivity index (χ3n) is 3.11. The van der Waals surface area contributed by atoms with Crippen LogP contribution in [0.1, 0.15) is 0 Å². The second-order valence-corrected chi connectivity index (χ2v) is 4.51. The number of rotatable bonds is 2. The Labute approximate surface area is 121 Å². The summed E-state index contributed by atoms with van der Waals surface area (Å²) in [6, 6.07) is 11.5. The van der Waals surface area contributed by atoms with Crippen LogP contribution in [0.25, 0.3) is 10.8 Å². The third-order valence-corrected chi connectivity index (χ3v) is 3.11. The molecule has 3 rings (SSSR count). The van der Waals surface area contributed by atoms with Crippen LogP contribution >= 0.6 is 0 Å². The Balaban J connectivity index is 2.08. The van der Waals surface area contributed by atoms with Crippen LogP contribution in [0.2, 0.25) is 0 Å². The zero-order valence-electron chi connectivity index (χ0n) is 10.8. The molecule has 0 aromatic heterocycles. The molecule has 0 spiro atoms. The maximum atomic E-state index is 13.6. The van der Waals surface area contributed by atoms with Gasteiger partial charge in [0.15, 0.2) is 0 Å². The molecule has 22 heavy (non-hydrogen) atoms. The van der Waals surface area contributed by atoms with Gasteiger partial charge < -0.3 is 4.74 Å². The molecular formula is C16H7F5O. The SMILES string of the molecule is Fc1c(F)c(F)c(Oc2ccc3ccccc3c2)c(F)c1F. The highest BCUT2D eigenvalue weighted by molar-refractivity contribution is 5.83. The van der Waals surface area contributed by atoms with E-state index in [0.29, 0.717) is 5.39 Å². The number of fused-ring (bicyclic) bond motifs is 1. The molecule has 6 heteroatoms. The first kappa shape index (κ1) is 14.3. The number of halogens is 5. The molecule has 0 amide bonds. The van der Waals surface area contributed by atoms with Gasteiger partial charge >= 0.3 is 0 Å². The maximum absolute atomic E-state index is 13.6. The lowest BCUT2D eigenvalue weighted by atomic mass is 10.1. The zero-order valence-corrected chi connectivity index (χ0v) is 10.8. The minimum absolute atomic E-state index is 0.0399.